The lowest BCUT2D eigenvalue weighted by Crippen LogP contribution is -2.45. The molecule has 2 aromatic rings. The summed E-state index contributed by atoms with van der Waals surface area (Å²) in [6, 6.07) is 13.9. The van der Waals surface area contributed by atoms with Crippen LogP contribution >= 0.6 is 0 Å². The van der Waals surface area contributed by atoms with Crippen molar-refractivity contribution < 1.29 is 0 Å². The number of rotatable bonds is 4. The number of benzene rings is 1. The van der Waals surface area contributed by atoms with E-state index in [0.717, 1.165) is 48.1 Å². The van der Waals surface area contributed by atoms with Gasteiger partial charge in [-0.05, 0) is 40.3 Å². The molecule has 3 heterocycles. The van der Waals surface area contributed by atoms with Crippen molar-refractivity contribution in [1.29, 1.82) is 0 Å². The van der Waals surface area contributed by atoms with E-state index in [1.165, 1.54) is 32.4 Å². The second-order valence-corrected chi connectivity index (χ2v) is 8.18. The SMILES string of the molecule is Cc1cc(N2CCC(N3CC[C@@H](N(C)C)C3)CC2)nc(-c2ccccc2)n1. The van der Waals surface area contributed by atoms with Crippen LogP contribution in [-0.4, -0.2) is 72.1 Å². The molecule has 0 N–H and O–H groups in total. The van der Waals surface area contributed by atoms with Crippen molar-refractivity contribution in [3.63, 3.8) is 0 Å². The lowest BCUT2D eigenvalue weighted by atomic mass is 10.0. The molecule has 0 radical (unpaired) electrons. The lowest BCUT2D eigenvalue weighted by molar-refractivity contribution is 0.189. The van der Waals surface area contributed by atoms with Crippen LogP contribution in [0.1, 0.15) is 25.0 Å². The monoisotopic (exact) mass is 365 g/mol. The van der Waals surface area contributed by atoms with E-state index >= 15 is 0 Å². The molecule has 0 amide bonds. The fraction of sp³-hybridized carbons (Fsp3) is 0.545. The molecule has 0 saturated carbocycles. The summed E-state index contributed by atoms with van der Waals surface area (Å²) in [6.45, 7) is 6.70. The third kappa shape index (κ3) is 4.14. The van der Waals surface area contributed by atoms with E-state index in [9.17, 15) is 0 Å². The van der Waals surface area contributed by atoms with Crippen LogP contribution in [0, 0.1) is 6.92 Å². The smallest absolute Gasteiger partial charge is 0.161 e. The van der Waals surface area contributed by atoms with Crippen LogP contribution in [0.4, 0.5) is 5.82 Å². The molecule has 2 aliphatic rings. The van der Waals surface area contributed by atoms with Gasteiger partial charge in [-0.15, -0.1) is 0 Å². The van der Waals surface area contributed by atoms with Crippen molar-refractivity contribution in [3.8, 4) is 11.4 Å². The number of likely N-dealkylation sites (tertiary alicyclic amines) is 1. The van der Waals surface area contributed by atoms with E-state index in [-0.39, 0.29) is 0 Å². The highest BCUT2D eigenvalue weighted by atomic mass is 15.3. The van der Waals surface area contributed by atoms with Gasteiger partial charge in [-0.2, -0.15) is 0 Å². The Kier molecular flexibility index (Phi) is 5.41. The van der Waals surface area contributed by atoms with E-state index in [1.54, 1.807) is 0 Å². The first kappa shape index (κ1) is 18.4. The Morgan fingerprint density at radius 2 is 1.70 bits per heavy atom. The predicted molar refractivity (Wildman–Crippen MR) is 111 cm³/mol. The quantitative estimate of drug-likeness (QED) is 0.832. The molecule has 2 saturated heterocycles. The largest absolute Gasteiger partial charge is 0.356 e. The standard InChI is InChI=1S/C22H31N5/c1-17-15-21(24-22(23-17)18-7-5-4-6-8-18)26-12-9-19(10-13-26)27-14-11-20(16-27)25(2)3/h4-8,15,19-20H,9-14,16H2,1-3H3/t20-/m1/s1. The fourth-order valence-corrected chi connectivity index (χ4v) is 4.41. The normalized spacial score (nSPS) is 21.9. The number of nitrogens with zero attached hydrogens (tertiary/aromatic N) is 5. The van der Waals surface area contributed by atoms with Crippen LogP contribution in [0.2, 0.25) is 0 Å². The van der Waals surface area contributed by atoms with Gasteiger partial charge in [-0.25, -0.2) is 9.97 Å². The van der Waals surface area contributed by atoms with Crippen molar-refractivity contribution in [3.05, 3.63) is 42.1 Å². The molecule has 1 aromatic heterocycles. The van der Waals surface area contributed by atoms with Gasteiger partial charge in [-0.1, -0.05) is 30.3 Å². The number of likely N-dealkylation sites (N-methyl/N-ethyl adjacent to an activating group) is 1. The second kappa shape index (κ2) is 7.95. The molecule has 27 heavy (non-hydrogen) atoms. The summed E-state index contributed by atoms with van der Waals surface area (Å²) >= 11 is 0. The van der Waals surface area contributed by atoms with Crippen LogP contribution in [0.5, 0.6) is 0 Å². The highest BCUT2D eigenvalue weighted by Crippen LogP contribution is 2.26. The number of aryl methyl sites for hydroxylation is 1. The Morgan fingerprint density at radius 1 is 0.963 bits per heavy atom. The van der Waals surface area contributed by atoms with Crippen LogP contribution in [0.3, 0.4) is 0 Å². The molecule has 2 aliphatic heterocycles. The van der Waals surface area contributed by atoms with Gasteiger partial charge in [0.05, 0.1) is 0 Å². The maximum Gasteiger partial charge on any atom is 0.161 e. The number of hydrogen-bond donors (Lipinski definition) is 0. The van der Waals surface area contributed by atoms with Gasteiger partial charge < -0.3 is 9.80 Å². The second-order valence-electron chi connectivity index (χ2n) is 8.18. The Labute approximate surface area is 163 Å². The molecule has 1 aromatic carbocycles. The summed E-state index contributed by atoms with van der Waals surface area (Å²) < 4.78 is 0. The summed E-state index contributed by atoms with van der Waals surface area (Å²) in [7, 11) is 4.41. The zero-order valence-electron chi connectivity index (χ0n) is 16.8. The van der Waals surface area contributed by atoms with Gasteiger partial charge in [0.2, 0.25) is 0 Å². The van der Waals surface area contributed by atoms with Crippen LogP contribution < -0.4 is 4.90 Å². The minimum absolute atomic E-state index is 0.723. The van der Waals surface area contributed by atoms with Gasteiger partial charge in [0, 0.05) is 55.6 Å². The average Bonchev–Trinajstić information content (AvgIpc) is 3.19. The molecular weight excluding hydrogens is 334 g/mol. The van der Waals surface area contributed by atoms with Crippen LogP contribution in [-0.2, 0) is 0 Å². The number of anilines is 1. The van der Waals surface area contributed by atoms with Gasteiger partial charge in [0.1, 0.15) is 5.82 Å². The molecule has 4 rings (SSSR count). The van der Waals surface area contributed by atoms with Crippen LogP contribution in [0.25, 0.3) is 11.4 Å². The highest BCUT2D eigenvalue weighted by Gasteiger charge is 2.31. The molecule has 2 fully saturated rings. The van der Waals surface area contributed by atoms with Crippen molar-refractivity contribution in [1.82, 2.24) is 19.8 Å². The molecule has 0 bridgehead atoms. The number of hydrogen-bond acceptors (Lipinski definition) is 5. The number of piperidine rings is 1. The molecule has 0 spiro atoms. The van der Waals surface area contributed by atoms with Crippen molar-refractivity contribution >= 4 is 5.82 Å². The first-order valence-electron chi connectivity index (χ1n) is 10.2. The van der Waals surface area contributed by atoms with E-state index in [1.807, 2.05) is 18.2 Å². The lowest BCUT2D eigenvalue weighted by Gasteiger charge is -2.37. The molecular formula is C22H31N5. The molecule has 1 atom stereocenters. The number of aromatic nitrogens is 2. The van der Waals surface area contributed by atoms with E-state index in [2.05, 4.69) is 58.9 Å². The van der Waals surface area contributed by atoms with Crippen LogP contribution in [0.15, 0.2) is 36.4 Å². The average molecular weight is 366 g/mol. The predicted octanol–water partition coefficient (Wildman–Crippen LogP) is 3.06. The highest BCUT2D eigenvalue weighted by molar-refractivity contribution is 5.57. The Balaban J connectivity index is 1.42. The Hall–Kier alpha value is -1.98. The van der Waals surface area contributed by atoms with E-state index in [4.69, 9.17) is 4.98 Å². The maximum atomic E-state index is 4.88. The van der Waals surface area contributed by atoms with Gasteiger partial charge in [0.25, 0.3) is 0 Å². The first-order valence-corrected chi connectivity index (χ1v) is 10.2. The summed E-state index contributed by atoms with van der Waals surface area (Å²) in [5.74, 6) is 1.91. The molecule has 5 nitrogen and oxygen atoms in total. The topological polar surface area (TPSA) is 35.5 Å². The third-order valence-corrected chi connectivity index (χ3v) is 6.10. The molecule has 5 heteroatoms. The fourth-order valence-electron chi connectivity index (χ4n) is 4.41. The van der Waals surface area contributed by atoms with Crippen molar-refractivity contribution in [2.45, 2.75) is 38.3 Å². The van der Waals surface area contributed by atoms with E-state index < -0.39 is 0 Å². The van der Waals surface area contributed by atoms with Gasteiger partial charge in [-0.3, -0.25) is 4.90 Å². The van der Waals surface area contributed by atoms with Crippen molar-refractivity contribution in [2.24, 2.45) is 0 Å². The van der Waals surface area contributed by atoms with Crippen molar-refractivity contribution in [2.75, 3.05) is 45.2 Å². The maximum absolute atomic E-state index is 4.88. The Bertz CT molecular complexity index is 753. The summed E-state index contributed by atoms with van der Waals surface area (Å²) in [5.41, 5.74) is 2.12. The van der Waals surface area contributed by atoms with E-state index in [0.29, 0.717) is 0 Å². The summed E-state index contributed by atoms with van der Waals surface area (Å²) in [5, 5.41) is 0. The molecule has 0 unspecified atom stereocenters. The molecule has 144 valence electrons. The third-order valence-electron chi connectivity index (χ3n) is 6.10. The minimum atomic E-state index is 0.723. The Morgan fingerprint density at radius 3 is 2.37 bits per heavy atom. The van der Waals surface area contributed by atoms with Gasteiger partial charge >= 0.3 is 0 Å². The van der Waals surface area contributed by atoms with Gasteiger partial charge in [0.15, 0.2) is 5.82 Å². The zero-order chi connectivity index (χ0) is 18.8. The minimum Gasteiger partial charge on any atom is -0.356 e. The first-order chi connectivity index (χ1) is 13.1. The summed E-state index contributed by atoms with van der Waals surface area (Å²) in [6.07, 6.45) is 3.76. The zero-order valence-corrected chi connectivity index (χ0v) is 16.8. The summed E-state index contributed by atoms with van der Waals surface area (Å²) in [4.78, 5) is 17.1. The molecule has 0 aliphatic carbocycles.